The van der Waals surface area contributed by atoms with Gasteiger partial charge in [0, 0.05) is 38.9 Å². The molecule has 0 amide bonds. The van der Waals surface area contributed by atoms with Crippen molar-refractivity contribution in [3.63, 3.8) is 0 Å². The van der Waals surface area contributed by atoms with Crippen molar-refractivity contribution in [3.8, 4) is 0 Å². The minimum atomic E-state index is -3.65. The third kappa shape index (κ3) is 3.57. The van der Waals surface area contributed by atoms with E-state index in [-0.39, 0.29) is 23.0 Å². The Morgan fingerprint density at radius 3 is 2.90 bits per heavy atom. The minimum absolute atomic E-state index is 0.0649. The molecule has 1 aromatic rings. The standard InChI is InChI=1S/C12H19ClN4O3S/c1-16-8-11(15-12(16)13)21(18,19)14-6-10-7-17(4-5-20-10)9-2-3-9/h8-10,14H,2-7H2,1H3. The van der Waals surface area contributed by atoms with Crippen molar-refractivity contribution in [3.05, 3.63) is 11.5 Å². The van der Waals surface area contributed by atoms with Crippen LogP contribution < -0.4 is 4.72 Å². The first-order chi connectivity index (χ1) is 9.95. The lowest BCUT2D eigenvalue weighted by molar-refractivity contribution is -0.0277. The summed E-state index contributed by atoms with van der Waals surface area (Å²) in [5.41, 5.74) is 0. The molecule has 0 radical (unpaired) electrons. The molecule has 1 aromatic heterocycles. The predicted molar refractivity (Wildman–Crippen MR) is 77.7 cm³/mol. The number of hydrogen-bond acceptors (Lipinski definition) is 5. The summed E-state index contributed by atoms with van der Waals surface area (Å²) < 4.78 is 33.9. The maximum absolute atomic E-state index is 12.2. The molecule has 1 saturated carbocycles. The average molecular weight is 335 g/mol. The predicted octanol–water partition coefficient (Wildman–Crippen LogP) is 0.215. The first kappa shape index (κ1) is 15.2. The number of rotatable bonds is 5. The zero-order valence-corrected chi connectivity index (χ0v) is 13.4. The summed E-state index contributed by atoms with van der Waals surface area (Å²) in [4.78, 5) is 6.20. The molecule has 0 aromatic carbocycles. The fourth-order valence-electron chi connectivity index (χ4n) is 2.46. The summed E-state index contributed by atoms with van der Waals surface area (Å²) in [6.45, 7) is 2.61. The highest BCUT2D eigenvalue weighted by Crippen LogP contribution is 2.28. The Balaban J connectivity index is 1.58. The summed E-state index contributed by atoms with van der Waals surface area (Å²) >= 11 is 5.77. The maximum atomic E-state index is 12.2. The molecule has 1 aliphatic carbocycles. The summed E-state index contributed by atoms with van der Waals surface area (Å²) in [7, 11) is -2.00. The zero-order chi connectivity index (χ0) is 15.0. The van der Waals surface area contributed by atoms with E-state index in [0.717, 1.165) is 13.1 Å². The van der Waals surface area contributed by atoms with E-state index in [9.17, 15) is 8.42 Å². The normalized spacial score (nSPS) is 24.4. The van der Waals surface area contributed by atoms with Crippen molar-refractivity contribution in [2.45, 2.75) is 30.0 Å². The van der Waals surface area contributed by atoms with E-state index < -0.39 is 10.0 Å². The number of aryl methyl sites for hydroxylation is 1. The number of morpholine rings is 1. The topological polar surface area (TPSA) is 76.5 Å². The Morgan fingerprint density at radius 2 is 2.29 bits per heavy atom. The van der Waals surface area contributed by atoms with Gasteiger partial charge >= 0.3 is 0 Å². The average Bonchev–Trinajstić information content (AvgIpc) is 3.24. The van der Waals surface area contributed by atoms with Crippen LogP contribution in [0.15, 0.2) is 11.2 Å². The molecule has 7 nitrogen and oxygen atoms in total. The van der Waals surface area contributed by atoms with Crippen LogP contribution in [-0.4, -0.2) is 61.3 Å². The fraction of sp³-hybridized carbons (Fsp3) is 0.750. The number of halogens is 1. The van der Waals surface area contributed by atoms with Gasteiger partial charge in [0.1, 0.15) is 0 Å². The second-order valence-corrected chi connectivity index (χ2v) is 7.58. The highest BCUT2D eigenvalue weighted by Gasteiger charge is 2.33. The van der Waals surface area contributed by atoms with Crippen molar-refractivity contribution < 1.29 is 13.2 Å². The summed E-state index contributed by atoms with van der Waals surface area (Å²) in [6.07, 6.45) is 3.76. The van der Waals surface area contributed by atoms with Crippen LogP contribution >= 0.6 is 11.6 Å². The molecular formula is C12H19ClN4O3S. The quantitative estimate of drug-likeness (QED) is 0.833. The monoisotopic (exact) mass is 334 g/mol. The summed E-state index contributed by atoms with van der Waals surface area (Å²) in [6, 6.07) is 0.669. The molecule has 9 heteroatoms. The van der Waals surface area contributed by atoms with Crippen LogP contribution in [0.5, 0.6) is 0 Å². The van der Waals surface area contributed by atoms with Crippen molar-refractivity contribution in [2.24, 2.45) is 7.05 Å². The molecule has 0 spiro atoms. The van der Waals surface area contributed by atoms with Crippen LogP contribution in [0.2, 0.25) is 5.28 Å². The maximum Gasteiger partial charge on any atom is 0.259 e. The molecule has 118 valence electrons. The van der Waals surface area contributed by atoms with Crippen molar-refractivity contribution in [2.75, 3.05) is 26.2 Å². The number of ether oxygens (including phenoxy) is 1. The molecule has 1 unspecified atom stereocenters. The van der Waals surface area contributed by atoms with E-state index in [2.05, 4.69) is 14.6 Å². The van der Waals surface area contributed by atoms with Gasteiger partial charge in [0.05, 0.1) is 12.7 Å². The number of sulfonamides is 1. The van der Waals surface area contributed by atoms with Gasteiger partial charge in [-0.1, -0.05) is 0 Å². The van der Waals surface area contributed by atoms with Crippen molar-refractivity contribution in [1.82, 2.24) is 19.2 Å². The molecule has 3 rings (SSSR count). The molecule has 21 heavy (non-hydrogen) atoms. The molecule has 2 aliphatic rings. The molecular weight excluding hydrogens is 316 g/mol. The Morgan fingerprint density at radius 1 is 1.52 bits per heavy atom. The van der Waals surface area contributed by atoms with E-state index in [1.54, 1.807) is 7.05 Å². The Labute approximate surface area is 129 Å². The van der Waals surface area contributed by atoms with E-state index >= 15 is 0 Å². The minimum Gasteiger partial charge on any atom is -0.374 e. The largest absolute Gasteiger partial charge is 0.374 e. The summed E-state index contributed by atoms with van der Waals surface area (Å²) in [5.74, 6) is 0. The van der Waals surface area contributed by atoms with Gasteiger partial charge in [0.25, 0.3) is 10.0 Å². The van der Waals surface area contributed by atoms with Gasteiger partial charge in [-0.15, -0.1) is 0 Å². The van der Waals surface area contributed by atoms with Crippen LogP contribution in [0.1, 0.15) is 12.8 Å². The lowest BCUT2D eigenvalue weighted by atomic mass is 10.2. The lowest BCUT2D eigenvalue weighted by Gasteiger charge is -2.32. The Hall–Kier alpha value is -0.670. The fourth-order valence-corrected chi connectivity index (χ4v) is 3.71. The SMILES string of the molecule is Cn1cc(S(=O)(=O)NCC2CN(C3CC3)CCO2)nc1Cl. The molecule has 0 bridgehead atoms. The molecule has 1 saturated heterocycles. The Kier molecular flexibility index (Phi) is 4.24. The van der Waals surface area contributed by atoms with E-state index in [0.29, 0.717) is 12.6 Å². The molecule has 1 atom stereocenters. The third-order valence-electron chi connectivity index (χ3n) is 3.81. The second kappa shape index (κ2) is 5.85. The second-order valence-electron chi connectivity index (χ2n) is 5.53. The van der Waals surface area contributed by atoms with Crippen LogP contribution in [0.4, 0.5) is 0 Å². The van der Waals surface area contributed by atoms with Gasteiger partial charge in [0.2, 0.25) is 5.28 Å². The molecule has 1 N–H and O–H groups in total. The van der Waals surface area contributed by atoms with Gasteiger partial charge in [-0.2, -0.15) is 0 Å². The van der Waals surface area contributed by atoms with Gasteiger partial charge in [-0.3, -0.25) is 4.90 Å². The number of imidazole rings is 1. The van der Waals surface area contributed by atoms with Crippen molar-refractivity contribution >= 4 is 21.6 Å². The number of nitrogens with zero attached hydrogens (tertiary/aromatic N) is 3. The van der Waals surface area contributed by atoms with E-state index in [4.69, 9.17) is 16.3 Å². The first-order valence-electron chi connectivity index (χ1n) is 7.00. The van der Waals surface area contributed by atoms with Gasteiger partial charge in [0.15, 0.2) is 5.03 Å². The Bertz CT molecular complexity index is 595. The smallest absolute Gasteiger partial charge is 0.259 e. The number of hydrogen-bond donors (Lipinski definition) is 1. The van der Waals surface area contributed by atoms with Gasteiger partial charge < -0.3 is 9.30 Å². The van der Waals surface area contributed by atoms with Crippen LogP contribution in [0, 0.1) is 0 Å². The lowest BCUT2D eigenvalue weighted by Crippen LogP contribution is -2.48. The molecule has 2 heterocycles. The number of aromatic nitrogens is 2. The first-order valence-corrected chi connectivity index (χ1v) is 8.86. The van der Waals surface area contributed by atoms with Gasteiger partial charge in [-0.05, 0) is 24.4 Å². The van der Waals surface area contributed by atoms with Gasteiger partial charge in [-0.25, -0.2) is 18.1 Å². The van der Waals surface area contributed by atoms with Crippen LogP contribution in [0.3, 0.4) is 0 Å². The van der Waals surface area contributed by atoms with Crippen LogP contribution in [-0.2, 0) is 21.8 Å². The number of nitrogens with one attached hydrogen (secondary N) is 1. The highest BCUT2D eigenvalue weighted by atomic mass is 35.5. The third-order valence-corrected chi connectivity index (χ3v) is 5.45. The van der Waals surface area contributed by atoms with E-state index in [1.807, 2.05) is 0 Å². The van der Waals surface area contributed by atoms with Crippen molar-refractivity contribution in [1.29, 1.82) is 0 Å². The van der Waals surface area contributed by atoms with E-state index in [1.165, 1.54) is 23.6 Å². The molecule has 1 aliphatic heterocycles. The zero-order valence-electron chi connectivity index (χ0n) is 11.8. The molecule has 2 fully saturated rings. The summed E-state index contributed by atoms with van der Waals surface area (Å²) in [5, 5.41) is 0.0778. The van der Waals surface area contributed by atoms with Crippen LogP contribution in [0.25, 0.3) is 0 Å². The highest BCUT2D eigenvalue weighted by molar-refractivity contribution is 7.89.